The van der Waals surface area contributed by atoms with Crippen LogP contribution in [0.15, 0.2) is 4.99 Å². The fourth-order valence-electron chi connectivity index (χ4n) is 3.33. The lowest BCUT2D eigenvalue weighted by Crippen LogP contribution is -2.48. The second-order valence-electron chi connectivity index (χ2n) is 6.50. The van der Waals surface area contributed by atoms with Gasteiger partial charge in [0.2, 0.25) is 0 Å². The topological polar surface area (TPSA) is 67.1 Å². The van der Waals surface area contributed by atoms with Crippen LogP contribution in [0.1, 0.15) is 51.2 Å². The summed E-state index contributed by atoms with van der Waals surface area (Å²) >= 11 is 0. The van der Waals surface area contributed by atoms with Crippen molar-refractivity contribution in [3.63, 3.8) is 0 Å². The molecule has 6 nitrogen and oxygen atoms in total. The maximum Gasteiger partial charge on any atom is 0.191 e. The predicted molar refractivity (Wildman–Crippen MR) is 103 cm³/mol. The molecule has 1 saturated carbocycles. The van der Waals surface area contributed by atoms with Crippen molar-refractivity contribution < 1.29 is 0 Å². The van der Waals surface area contributed by atoms with Crippen LogP contribution < -0.4 is 10.6 Å². The molecule has 2 N–H and O–H groups in total. The van der Waals surface area contributed by atoms with E-state index in [0.717, 1.165) is 49.5 Å². The predicted octanol–water partition coefficient (Wildman–Crippen LogP) is 2.26. The summed E-state index contributed by atoms with van der Waals surface area (Å²) < 4.78 is 2.04. The molecule has 1 aromatic heterocycles. The lowest BCUT2D eigenvalue weighted by atomic mass is 10.1. The summed E-state index contributed by atoms with van der Waals surface area (Å²) in [6.45, 7) is 7.98. The number of aromatic nitrogens is 3. The minimum absolute atomic E-state index is 0. The minimum atomic E-state index is 0. The summed E-state index contributed by atoms with van der Waals surface area (Å²) in [5.74, 6) is 3.79. The summed E-state index contributed by atoms with van der Waals surface area (Å²) in [6, 6.07) is 1.00. The van der Waals surface area contributed by atoms with Crippen LogP contribution in [0.25, 0.3) is 0 Å². The highest BCUT2D eigenvalue weighted by atomic mass is 127. The number of nitrogens with zero attached hydrogens (tertiary/aromatic N) is 4. The molecule has 2 heterocycles. The molecule has 0 radical (unpaired) electrons. The summed E-state index contributed by atoms with van der Waals surface area (Å²) in [4.78, 5) is 9.07. The molecule has 1 fully saturated rings. The Labute approximate surface area is 155 Å². The zero-order valence-corrected chi connectivity index (χ0v) is 16.7. The standard InChI is InChI=1S/C16H28N6.HI/c1-4-6-12-9-14(12)20-16(17-5-2)19-13-7-8-15-18-11(3)21-22(15)10-13;/h12-14H,4-10H2,1-3H3,(H2,17,19,20);1H. The van der Waals surface area contributed by atoms with Crippen LogP contribution in [-0.2, 0) is 13.0 Å². The van der Waals surface area contributed by atoms with E-state index in [9.17, 15) is 0 Å². The molecule has 1 aromatic rings. The number of fused-ring (bicyclic) bond motifs is 1. The fourth-order valence-corrected chi connectivity index (χ4v) is 3.33. The van der Waals surface area contributed by atoms with Gasteiger partial charge in [-0.05, 0) is 39.0 Å². The fraction of sp³-hybridized carbons (Fsp3) is 0.812. The molecule has 0 aromatic carbocycles. The van der Waals surface area contributed by atoms with Gasteiger partial charge in [0.1, 0.15) is 11.6 Å². The minimum Gasteiger partial charge on any atom is -0.353 e. The summed E-state index contributed by atoms with van der Waals surface area (Å²) in [5.41, 5.74) is 0. The van der Waals surface area contributed by atoms with Gasteiger partial charge in [-0.1, -0.05) is 13.3 Å². The SMILES string of the molecule is CCCC1CC1NC(=NCC)NC1CCc2nc(C)nn2C1.I. The van der Waals surface area contributed by atoms with Crippen molar-refractivity contribution in [2.24, 2.45) is 10.9 Å². The molecule has 130 valence electrons. The number of aliphatic imine (C=N–C) groups is 1. The molecule has 0 saturated heterocycles. The molecule has 3 rings (SSSR count). The van der Waals surface area contributed by atoms with E-state index in [4.69, 9.17) is 0 Å². The number of guanidine groups is 1. The first-order valence-corrected chi connectivity index (χ1v) is 8.67. The van der Waals surface area contributed by atoms with E-state index in [2.05, 4.69) is 39.6 Å². The van der Waals surface area contributed by atoms with Gasteiger partial charge in [-0.2, -0.15) is 5.10 Å². The van der Waals surface area contributed by atoms with E-state index in [-0.39, 0.29) is 24.0 Å². The first-order valence-electron chi connectivity index (χ1n) is 8.67. The molecule has 2 aliphatic rings. The number of aryl methyl sites for hydroxylation is 2. The van der Waals surface area contributed by atoms with Crippen molar-refractivity contribution in [2.75, 3.05) is 6.54 Å². The lowest BCUT2D eigenvalue weighted by Gasteiger charge is -2.25. The Morgan fingerprint density at radius 1 is 1.35 bits per heavy atom. The molecule has 0 amide bonds. The van der Waals surface area contributed by atoms with Crippen molar-refractivity contribution >= 4 is 29.9 Å². The molecular formula is C16H29IN6. The largest absolute Gasteiger partial charge is 0.353 e. The van der Waals surface area contributed by atoms with Crippen LogP contribution in [0.4, 0.5) is 0 Å². The Morgan fingerprint density at radius 3 is 2.91 bits per heavy atom. The second kappa shape index (κ2) is 8.30. The van der Waals surface area contributed by atoms with Crippen molar-refractivity contribution in [2.45, 2.75) is 71.5 Å². The Bertz CT molecular complexity index is 541. The summed E-state index contributed by atoms with van der Waals surface area (Å²) in [7, 11) is 0. The smallest absolute Gasteiger partial charge is 0.191 e. The zero-order chi connectivity index (χ0) is 15.5. The van der Waals surface area contributed by atoms with Gasteiger partial charge in [0.05, 0.1) is 6.54 Å². The summed E-state index contributed by atoms with van der Waals surface area (Å²) in [6.07, 6.45) is 5.95. The number of halogens is 1. The first-order chi connectivity index (χ1) is 10.7. The Morgan fingerprint density at radius 2 is 2.17 bits per heavy atom. The first kappa shape index (κ1) is 18.5. The van der Waals surface area contributed by atoms with Gasteiger partial charge < -0.3 is 10.6 Å². The number of nitrogens with one attached hydrogen (secondary N) is 2. The lowest BCUT2D eigenvalue weighted by molar-refractivity contribution is 0.392. The third kappa shape index (κ3) is 4.81. The van der Waals surface area contributed by atoms with Gasteiger partial charge in [0.25, 0.3) is 0 Å². The van der Waals surface area contributed by atoms with Crippen molar-refractivity contribution in [1.82, 2.24) is 25.4 Å². The number of hydrogen-bond donors (Lipinski definition) is 2. The molecule has 1 aliphatic carbocycles. The van der Waals surface area contributed by atoms with Gasteiger partial charge >= 0.3 is 0 Å². The molecule has 0 bridgehead atoms. The zero-order valence-electron chi connectivity index (χ0n) is 14.4. The highest BCUT2D eigenvalue weighted by Crippen LogP contribution is 2.34. The van der Waals surface area contributed by atoms with Crippen molar-refractivity contribution in [3.05, 3.63) is 11.6 Å². The monoisotopic (exact) mass is 432 g/mol. The maximum atomic E-state index is 4.60. The average Bonchev–Trinajstić information content (AvgIpc) is 3.08. The molecule has 7 heteroatoms. The van der Waals surface area contributed by atoms with E-state index >= 15 is 0 Å². The van der Waals surface area contributed by atoms with Gasteiger partial charge in [-0.25, -0.2) is 9.67 Å². The van der Waals surface area contributed by atoms with E-state index in [1.165, 1.54) is 19.3 Å². The van der Waals surface area contributed by atoms with Crippen LogP contribution in [0, 0.1) is 12.8 Å². The van der Waals surface area contributed by atoms with Crippen LogP contribution in [0.5, 0.6) is 0 Å². The normalized spacial score (nSPS) is 26.2. The van der Waals surface area contributed by atoms with E-state index in [1.807, 2.05) is 11.6 Å². The van der Waals surface area contributed by atoms with Gasteiger partial charge in [-0.15, -0.1) is 24.0 Å². The van der Waals surface area contributed by atoms with E-state index < -0.39 is 0 Å². The Hall–Kier alpha value is -0.860. The quantitative estimate of drug-likeness (QED) is 0.426. The van der Waals surface area contributed by atoms with Crippen molar-refractivity contribution in [3.8, 4) is 0 Å². The second-order valence-corrected chi connectivity index (χ2v) is 6.50. The molecule has 1 aliphatic heterocycles. The number of hydrogen-bond acceptors (Lipinski definition) is 3. The van der Waals surface area contributed by atoms with Crippen molar-refractivity contribution in [1.29, 1.82) is 0 Å². The maximum absolute atomic E-state index is 4.60. The van der Waals surface area contributed by atoms with Crippen LogP contribution in [0.3, 0.4) is 0 Å². The van der Waals surface area contributed by atoms with Crippen LogP contribution >= 0.6 is 24.0 Å². The third-order valence-electron chi connectivity index (χ3n) is 4.53. The van der Waals surface area contributed by atoms with Crippen LogP contribution in [-0.4, -0.2) is 39.4 Å². The van der Waals surface area contributed by atoms with Gasteiger partial charge in [0.15, 0.2) is 5.96 Å². The molecular weight excluding hydrogens is 403 g/mol. The molecule has 3 unspecified atom stereocenters. The average molecular weight is 432 g/mol. The third-order valence-corrected chi connectivity index (χ3v) is 4.53. The van der Waals surface area contributed by atoms with Crippen LogP contribution in [0.2, 0.25) is 0 Å². The van der Waals surface area contributed by atoms with E-state index in [1.54, 1.807) is 0 Å². The Kier molecular flexibility index (Phi) is 6.67. The highest BCUT2D eigenvalue weighted by molar-refractivity contribution is 14.0. The van der Waals surface area contributed by atoms with Gasteiger partial charge in [0, 0.05) is 25.0 Å². The van der Waals surface area contributed by atoms with Gasteiger partial charge in [-0.3, -0.25) is 4.99 Å². The summed E-state index contributed by atoms with van der Waals surface area (Å²) in [5, 5.41) is 11.7. The molecule has 23 heavy (non-hydrogen) atoms. The Balaban J connectivity index is 0.00000192. The van der Waals surface area contributed by atoms with E-state index in [0.29, 0.717) is 12.1 Å². The highest BCUT2D eigenvalue weighted by Gasteiger charge is 2.37. The molecule has 3 atom stereocenters. The number of rotatable bonds is 5. The molecule has 0 spiro atoms.